The molecule has 1 fully saturated rings. The minimum atomic E-state index is -0.0288. The monoisotopic (exact) mass is 480 g/mol. The molecule has 0 unspecified atom stereocenters. The molecule has 1 saturated heterocycles. The summed E-state index contributed by atoms with van der Waals surface area (Å²) in [6.45, 7) is 4.94. The highest BCUT2D eigenvalue weighted by atomic mass is 35.5. The summed E-state index contributed by atoms with van der Waals surface area (Å²) in [4.78, 5) is 33.4. The van der Waals surface area contributed by atoms with Crippen LogP contribution in [0.1, 0.15) is 24.8 Å². The highest BCUT2D eigenvalue weighted by Crippen LogP contribution is 2.28. The minimum Gasteiger partial charge on any atom is -0.441 e. The molecule has 2 heterocycles. The third kappa shape index (κ3) is 6.04. The molecule has 0 aliphatic carbocycles. The summed E-state index contributed by atoms with van der Waals surface area (Å²) >= 11 is 6.22. The lowest BCUT2D eigenvalue weighted by molar-refractivity contribution is -0.133. The quantitative estimate of drug-likeness (QED) is 0.520. The number of anilines is 1. The van der Waals surface area contributed by atoms with E-state index in [2.05, 4.69) is 22.1 Å². The largest absolute Gasteiger partial charge is 0.441 e. The molecule has 0 spiro atoms. The zero-order chi connectivity index (χ0) is 23.9. The fraction of sp³-hybridized carbons (Fsp3) is 0.346. The molecule has 1 aliphatic rings. The Labute approximate surface area is 204 Å². The predicted molar refractivity (Wildman–Crippen MR) is 133 cm³/mol. The number of carbonyl (C=O) groups excluding carboxylic acids is 2. The Hall–Kier alpha value is -3.16. The highest BCUT2D eigenvalue weighted by Gasteiger charge is 2.23. The number of oxazole rings is 1. The molecule has 1 aromatic heterocycles. The average molecular weight is 481 g/mol. The van der Waals surface area contributed by atoms with Crippen LogP contribution in [0, 0.1) is 0 Å². The van der Waals surface area contributed by atoms with E-state index >= 15 is 0 Å². The second-order valence-corrected chi connectivity index (χ2v) is 8.72. The van der Waals surface area contributed by atoms with E-state index in [9.17, 15) is 9.59 Å². The maximum absolute atomic E-state index is 12.7. The molecule has 4 rings (SSSR count). The number of aryl methyl sites for hydroxylation is 2. The summed E-state index contributed by atoms with van der Waals surface area (Å²) in [6.07, 6.45) is 3.27. The molecule has 0 bridgehead atoms. The molecule has 2 amide bonds. The van der Waals surface area contributed by atoms with Crippen LogP contribution in [0.4, 0.5) is 5.69 Å². The molecule has 0 saturated carbocycles. The van der Waals surface area contributed by atoms with Crippen LogP contribution in [0.2, 0.25) is 5.02 Å². The lowest BCUT2D eigenvalue weighted by Gasteiger charge is -2.34. The first-order valence-electron chi connectivity index (χ1n) is 11.6. The van der Waals surface area contributed by atoms with Crippen LogP contribution in [0.25, 0.3) is 11.3 Å². The van der Waals surface area contributed by atoms with E-state index in [0.717, 1.165) is 23.2 Å². The van der Waals surface area contributed by atoms with Gasteiger partial charge in [-0.25, -0.2) is 4.98 Å². The summed E-state index contributed by atoms with van der Waals surface area (Å²) in [7, 11) is 0. The van der Waals surface area contributed by atoms with Gasteiger partial charge in [-0.05, 0) is 30.2 Å². The number of benzene rings is 2. The molecule has 178 valence electrons. The van der Waals surface area contributed by atoms with Gasteiger partial charge in [-0.1, -0.05) is 48.9 Å². The SMILES string of the molecule is CCc1ccccc1NC(=O)CN1CCN(C(=O)CCc2ncc(-c3ccccc3Cl)o2)CC1. The van der Waals surface area contributed by atoms with Crippen molar-refractivity contribution in [1.29, 1.82) is 0 Å². The van der Waals surface area contributed by atoms with E-state index in [4.69, 9.17) is 16.0 Å². The van der Waals surface area contributed by atoms with E-state index in [1.54, 1.807) is 12.3 Å². The predicted octanol–water partition coefficient (Wildman–Crippen LogP) is 4.27. The van der Waals surface area contributed by atoms with Crippen molar-refractivity contribution in [3.05, 3.63) is 71.2 Å². The summed E-state index contributed by atoms with van der Waals surface area (Å²) < 4.78 is 5.80. The van der Waals surface area contributed by atoms with Gasteiger partial charge >= 0.3 is 0 Å². The normalized spacial score (nSPS) is 14.2. The third-order valence-corrected chi connectivity index (χ3v) is 6.34. The number of para-hydroxylation sites is 1. The maximum Gasteiger partial charge on any atom is 0.238 e. The van der Waals surface area contributed by atoms with E-state index in [1.807, 2.05) is 47.4 Å². The van der Waals surface area contributed by atoms with Crippen LogP contribution in [0.5, 0.6) is 0 Å². The van der Waals surface area contributed by atoms with Gasteiger partial charge in [-0.15, -0.1) is 0 Å². The van der Waals surface area contributed by atoms with Crippen LogP contribution >= 0.6 is 11.6 Å². The van der Waals surface area contributed by atoms with Gasteiger partial charge in [0.2, 0.25) is 11.8 Å². The van der Waals surface area contributed by atoms with Crippen molar-refractivity contribution in [2.24, 2.45) is 0 Å². The molecular formula is C26H29ClN4O3. The van der Waals surface area contributed by atoms with Crippen molar-refractivity contribution < 1.29 is 14.0 Å². The second-order valence-electron chi connectivity index (χ2n) is 8.31. The van der Waals surface area contributed by atoms with E-state index in [-0.39, 0.29) is 11.8 Å². The Morgan fingerprint density at radius 2 is 1.79 bits per heavy atom. The van der Waals surface area contributed by atoms with E-state index in [0.29, 0.717) is 62.2 Å². The zero-order valence-electron chi connectivity index (χ0n) is 19.3. The fourth-order valence-electron chi connectivity index (χ4n) is 4.08. The number of nitrogens with zero attached hydrogens (tertiary/aromatic N) is 3. The van der Waals surface area contributed by atoms with Gasteiger partial charge in [0, 0.05) is 50.3 Å². The van der Waals surface area contributed by atoms with Gasteiger partial charge < -0.3 is 14.6 Å². The Morgan fingerprint density at radius 1 is 1.06 bits per heavy atom. The molecule has 8 heteroatoms. The summed E-state index contributed by atoms with van der Waals surface area (Å²) in [5.74, 6) is 1.16. The first kappa shape index (κ1) is 24.0. The first-order valence-corrected chi connectivity index (χ1v) is 12.0. The number of nitrogens with one attached hydrogen (secondary N) is 1. The summed E-state index contributed by atoms with van der Waals surface area (Å²) in [5, 5.41) is 3.61. The standard InChI is InChI=1S/C26H29ClN4O3/c1-2-19-7-3-6-10-22(19)29-24(32)18-30-13-15-31(16-14-30)26(33)12-11-25-28-17-23(34-25)20-8-4-5-9-21(20)27/h3-10,17H,2,11-16,18H2,1H3,(H,29,32). The molecule has 7 nitrogen and oxygen atoms in total. The van der Waals surface area contributed by atoms with Crippen molar-refractivity contribution in [2.75, 3.05) is 38.0 Å². The number of piperazine rings is 1. The van der Waals surface area contributed by atoms with Crippen molar-refractivity contribution in [3.8, 4) is 11.3 Å². The van der Waals surface area contributed by atoms with Crippen LogP contribution in [-0.2, 0) is 22.4 Å². The highest BCUT2D eigenvalue weighted by molar-refractivity contribution is 6.33. The van der Waals surface area contributed by atoms with Crippen molar-refractivity contribution in [2.45, 2.75) is 26.2 Å². The van der Waals surface area contributed by atoms with Crippen molar-refractivity contribution in [1.82, 2.24) is 14.8 Å². The Bertz CT molecular complexity index is 1140. The topological polar surface area (TPSA) is 78.7 Å². The number of carbonyl (C=O) groups is 2. The zero-order valence-corrected chi connectivity index (χ0v) is 20.1. The van der Waals surface area contributed by atoms with Gasteiger partial charge in [0.15, 0.2) is 11.7 Å². The third-order valence-electron chi connectivity index (χ3n) is 6.01. The van der Waals surface area contributed by atoms with Crippen molar-refractivity contribution >= 4 is 29.1 Å². The molecule has 34 heavy (non-hydrogen) atoms. The molecule has 1 aliphatic heterocycles. The van der Waals surface area contributed by atoms with Gasteiger partial charge in [0.05, 0.1) is 17.8 Å². The van der Waals surface area contributed by atoms with Crippen LogP contribution in [0.3, 0.4) is 0 Å². The van der Waals surface area contributed by atoms with Crippen LogP contribution in [0.15, 0.2) is 59.1 Å². The number of rotatable bonds is 8. The Balaban J connectivity index is 1.21. The van der Waals surface area contributed by atoms with Gasteiger partial charge in [0.25, 0.3) is 0 Å². The van der Waals surface area contributed by atoms with Gasteiger partial charge in [-0.2, -0.15) is 0 Å². The van der Waals surface area contributed by atoms with Gasteiger partial charge in [0.1, 0.15) is 0 Å². The molecule has 3 aromatic rings. The molecular weight excluding hydrogens is 452 g/mol. The molecule has 0 atom stereocenters. The van der Waals surface area contributed by atoms with E-state index < -0.39 is 0 Å². The van der Waals surface area contributed by atoms with E-state index in [1.165, 1.54) is 0 Å². The smallest absolute Gasteiger partial charge is 0.238 e. The Morgan fingerprint density at radius 3 is 2.56 bits per heavy atom. The number of halogens is 1. The molecule has 0 radical (unpaired) electrons. The number of hydrogen-bond donors (Lipinski definition) is 1. The molecule has 1 N–H and O–H groups in total. The van der Waals surface area contributed by atoms with Crippen LogP contribution < -0.4 is 5.32 Å². The van der Waals surface area contributed by atoms with Crippen molar-refractivity contribution in [3.63, 3.8) is 0 Å². The lowest BCUT2D eigenvalue weighted by Crippen LogP contribution is -2.50. The second kappa shape index (κ2) is 11.3. The van der Waals surface area contributed by atoms with Crippen LogP contribution in [-0.4, -0.2) is 59.3 Å². The Kier molecular flexibility index (Phi) is 7.98. The minimum absolute atomic E-state index is 0.0288. The number of hydrogen-bond acceptors (Lipinski definition) is 5. The maximum atomic E-state index is 12.7. The average Bonchev–Trinajstić information content (AvgIpc) is 3.32. The number of amides is 2. The number of aromatic nitrogens is 1. The summed E-state index contributed by atoms with van der Waals surface area (Å²) in [6, 6.07) is 15.3. The first-order chi connectivity index (χ1) is 16.5. The summed E-state index contributed by atoms with van der Waals surface area (Å²) in [5.41, 5.74) is 2.77. The van der Waals surface area contributed by atoms with Gasteiger partial charge in [-0.3, -0.25) is 14.5 Å². The molecule has 2 aromatic carbocycles. The fourth-order valence-corrected chi connectivity index (χ4v) is 4.31. The lowest BCUT2D eigenvalue weighted by atomic mass is 10.1.